The first kappa shape index (κ1) is 26.9. The Hall–Kier alpha value is -3.74. The third-order valence-corrected chi connectivity index (χ3v) is 5.24. The van der Waals surface area contributed by atoms with Crippen LogP contribution in [0.25, 0.3) is 11.1 Å². The van der Waals surface area contributed by atoms with Crippen LogP contribution in [0, 0.1) is 0 Å². The maximum absolute atomic E-state index is 12.7. The molecule has 0 aliphatic heterocycles. The zero-order valence-corrected chi connectivity index (χ0v) is 21.7. The van der Waals surface area contributed by atoms with Crippen molar-refractivity contribution in [2.24, 2.45) is 0 Å². The van der Waals surface area contributed by atoms with Gasteiger partial charge in [0.1, 0.15) is 23.6 Å². The molecule has 0 saturated heterocycles. The van der Waals surface area contributed by atoms with E-state index < -0.39 is 11.6 Å². The molecule has 0 fully saturated rings. The Balaban J connectivity index is 1.78. The highest BCUT2D eigenvalue weighted by molar-refractivity contribution is 5.97. The van der Waals surface area contributed by atoms with E-state index >= 15 is 0 Å². The molecule has 0 radical (unpaired) electrons. The number of benzene rings is 2. The molecular weight excluding hydrogens is 456 g/mol. The molecule has 190 valence electrons. The van der Waals surface area contributed by atoms with Crippen molar-refractivity contribution >= 4 is 11.9 Å². The zero-order valence-electron chi connectivity index (χ0n) is 21.7. The van der Waals surface area contributed by atoms with Crippen molar-refractivity contribution in [2.75, 3.05) is 6.61 Å². The summed E-state index contributed by atoms with van der Waals surface area (Å²) in [6.07, 6.45) is 4.15. The first-order valence-electron chi connectivity index (χ1n) is 12.3. The number of esters is 2. The summed E-state index contributed by atoms with van der Waals surface area (Å²) in [6.45, 7) is 9.85. The fourth-order valence-electron chi connectivity index (χ4n) is 3.49. The van der Waals surface area contributed by atoms with Gasteiger partial charge >= 0.3 is 11.9 Å². The van der Waals surface area contributed by atoms with Gasteiger partial charge in [0.2, 0.25) is 5.88 Å². The number of unbranched alkanes of at least 4 members (excludes halogenated alkanes) is 1. The average Bonchev–Trinajstić information content (AvgIpc) is 2.85. The first-order chi connectivity index (χ1) is 17.2. The number of rotatable bonds is 10. The van der Waals surface area contributed by atoms with Gasteiger partial charge in [0, 0.05) is 12.6 Å². The molecule has 1 aromatic heterocycles. The number of hydrogen-bond donors (Lipinski definition) is 0. The van der Waals surface area contributed by atoms with Crippen LogP contribution in [-0.2, 0) is 22.5 Å². The van der Waals surface area contributed by atoms with Crippen LogP contribution >= 0.6 is 0 Å². The summed E-state index contributed by atoms with van der Waals surface area (Å²) in [5.41, 5.74) is 2.70. The second-order valence-electron chi connectivity index (χ2n) is 9.36. The Labute approximate surface area is 212 Å². The molecule has 0 bridgehead atoms. The van der Waals surface area contributed by atoms with Crippen LogP contribution in [0.5, 0.6) is 5.88 Å². The predicted octanol–water partition coefficient (Wildman–Crippen LogP) is 6.20. The third kappa shape index (κ3) is 7.38. The molecule has 7 heteroatoms. The molecule has 0 spiro atoms. The molecule has 7 nitrogen and oxygen atoms in total. The van der Waals surface area contributed by atoms with E-state index in [0.29, 0.717) is 17.8 Å². The van der Waals surface area contributed by atoms with Gasteiger partial charge in [-0.2, -0.15) is 4.98 Å². The molecule has 0 amide bonds. The smallest absolute Gasteiger partial charge is 0.345 e. The molecule has 3 aromatic rings. The molecule has 0 aliphatic rings. The highest BCUT2D eigenvalue weighted by atomic mass is 16.6. The van der Waals surface area contributed by atoms with Gasteiger partial charge in [-0.3, -0.25) is 0 Å². The number of hydrogen-bond acceptors (Lipinski definition) is 7. The molecule has 0 N–H and O–H groups in total. The van der Waals surface area contributed by atoms with E-state index in [-0.39, 0.29) is 30.6 Å². The molecular formula is C29H34N2O5. The van der Waals surface area contributed by atoms with Crippen molar-refractivity contribution in [3.05, 3.63) is 77.2 Å². The lowest BCUT2D eigenvalue weighted by Gasteiger charge is -2.20. The fourth-order valence-corrected chi connectivity index (χ4v) is 3.49. The van der Waals surface area contributed by atoms with Crippen molar-refractivity contribution in [3.63, 3.8) is 0 Å². The van der Waals surface area contributed by atoms with Crippen molar-refractivity contribution in [1.29, 1.82) is 0 Å². The van der Waals surface area contributed by atoms with Crippen LogP contribution in [0.15, 0.2) is 54.7 Å². The number of ether oxygens (including phenoxy) is 3. The average molecular weight is 491 g/mol. The number of carbonyl (C=O) groups excluding carboxylic acids is 2. The molecule has 0 unspecified atom stereocenters. The largest absolute Gasteiger partial charge is 0.472 e. The Morgan fingerprint density at radius 1 is 0.917 bits per heavy atom. The van der Waals surface area contributed by atoms with Gasteiger partial charge in [0.15, 0.2) is 0 Å². The molecule has 2 aromatic carbocycles. The van der Waals surface area contributed by atoms with Crippen LogP contribution in [0.2, 0.25) is 0 Å². The first-order valence-corrected chi connectivity index (χ1v) is 12.3. The van der Waals surface area contributed by atoms with E-state index in [9.17, 15) is 9.59 Å². The Morgan fingerprint density at radius 3 is 2.31 bits per heavy atom. The number of nitrogens with zero attached hydrogens (tertiary/aromatic N) is 2. The van der Waals surface area contributed by atoms with Gasteiger partial charge < -0.3 is 14.2 Å². The third-order valence-electron chi connectivity index (χ3n) is 5.24. The highest BCUT2D eigenvalue weighted by Gasteiger charge is 2.21. The Bertz CT molecular complexity index is 1180. The Kier molecular flexibility index (Phi) is 9.17. The molecule has 3 rings (SSSR count). The molecule has 0 aliphatic carbocycles. The highest BCUT2D eigenvalue weighted by Crippen LogP contribution is 2.27. The normalized spacial score (nSPS) is 11.1. The van der Waals surface area contributed by atoms with Crippen LogP contribution < -0.4 is 4.74 Å². The van der Waals surface area contributed by atoms with E-state index in [1.165, 1.54) is 6.20 Å². The maximum atomic E-state index is 12.7. The standard InChI is InChI=1S/C29H34N2O5/c1-6-8-13-25-30-18-24(27(32)34-7-2)26(31-25)35-19-20-14-16-21(17-15-20)22-11-9-10-12-23(22)28(33)36-29(3,4)5/h9-12,14-18H,6-8,13,19H2,1-5H3. The van der Waals surface area contributed by atoms with Crippen molar-refractivity contribution < 1.29 is 23.8 Å². The minimum Gasteiger partial charge on any atom is -0.472 e. The van der Waals surface area contributed by atoms with Gasteiger partial charge in [-0.1, -0.05) is 55.8 Å². The lowest BCUT2D eigenvalue weighted by molar-refractivity contribution is 0.00701. The summed E-state index contributed by atoms with van der Waals surface area (Å²) in [5, 5.41) is 0. The van der Waals surface area contributed by atoms with Gasteiger partial charge in [-0.25, -0.2) is 14.6 Å². The minimum absolute atomic E-state index is 0.208. The summed E-state index contributed by atoms with van der Waals surface area (Å²) in [6, 6.07) is 15.1. The number of carbonyl (C=O) groups is 2. The molecule has 0 saturated carbocycles. The van der Waals surface area contributed by atoms with Gasteiger partial charge in [-0.15, -0.1) is 0 Å². The van der Waals surface area contributed by atoms with Crippen molar-refractivity contribution in [2.45, 2.75) is 66.1 Å². The van der Waals surface area contributed by atoms with Crippen LogP contribution in [-0.4, -0.2) is 34.1 Å². The summed E-state index contributed by atoms with van der Waals surface area (Å²) in [5.74, 6) is -0.0221. The molecule has 0 atom stereocenters. The summed E-state index contributed by atoms with van der Waals surface area (Å²) in [4.78, 5) is 33.8. The van der Waals surface area contributed by atoms with Crippen LogP contribution in [0.1, 0.15) is 79.6 Å². The number of aryl methyl sites for hydroxylation is 1. The second-order valence-corrected chi connectivity index (χ2v) is 9.36. The van der Waals surface area contributed by atoms with Crippen LogP contribution in [0.4, 0.5) is 0 Å². The zero-order chi connectivity index (χ0) is 26.1. The summed E-state index contributed by atoms with van der Waals surface area (Å²) >= 11 is 0. The maximum Gasteiger partial charge on any atom is 0.345 e. The van der Waals surface area contributed by atoms with E-state index in [4.69, 9.17) is 14.2 Å². The minimum atomic E-state index is -0.578. The van der Waals surface area contributed by atoms with Crippen molar-refractivity contribution in [3.8, 4) is 17.0 Å². The number of aromatic nitrogens is 2. The fraction of sp³-hybridized carbons (Fsp3) is 0.379. The summed E-state index contributed by atoms with van der Waals surface area (Å²) < 4.78 is 16.6. The molecule has 36 heavy (non-hydrogen) atoms. The topological polar surface area (TPSA) is 87.6 Å². The predicted molar refractivity (Wildman–Crippen MR) is 138 cm³/mol. The van der Waals surface area contributed by atoms with E-state index in [0.717, 1.165) is 29.5 Å². The van der Waals surface area contributed by atoms with Gasteiger partial charge in [-0.05, 0) is 56.9 Å². The van der Waals surface area contributed by atoms with Gasteiger partial charge in [0.05, 0.1) is 12.2 Å². The Morgan fingerprint density at radius 2 is 1.64 bits per heavy atom. The lowest BCUT2D eigenvalue weighted by atomic mass is 9.98. The SMILES string of the molecule is CCCCc1ncc(C(=O)OCC)c(OCc2ccc(-c3ccccc3C(=O)OC(C)(C)C)cc2)n1. The van der Waals surface area contributed by atoms with Crippen molar-refractivity contribution in [1.82, 2.24) is 9.97 Å². The lowest BCUT2D eigenvalue weighted by Crippen LogP contribution is -2.24. The van der Waals surface area contributed by atoms with Gasteiger partial charge in [0.25, 0.3) is 0 Å². The second kappa shape index (κ2) is 12.3. The monoisotopic (exact) mass is 490 g/mol. The van der Waals surface area contributed by atoms with Crippen LogP contribution in [0.3, 0.4) is 0 Å². The van der Waals surface area contributed by atoms with E-state index in [2.05, 4.69) is 16.9 Å². The summed E-state index contributed by atoms with van der Waals surface area (Å²) in [7, 11) is 0. The quantitative estimate of drug-likeness (QED) is 0.313. The van der Waals surface area contributed by atoms with E-state index in [1.54, 1.807) is 13.0 Å². The molecule has 1 heterocycles. The van der Waals surface area contributed by atoms with E-state index in [1.807, 2.05) is 63.2 Å².